The van der Waals surface area contributed by atoms with E-state index in [-0.39, 0.29) is 19.3 Å². The number of carboxylic acids is 2. The van der Waals surface area contributed by atoms with Gasteiger partial charge in [-0.05, 0) is 39.2 Å². The highest BCUT2D eigenvalue weighted by Crippen LogP contribution is 2.08. The molecule has 0 aromatic carbocycles. The van der Waals surface area contributed by atoms with Crippen molar-refractivity contribution in [2.75, 3.05) is 6.54 Å². The van der Waals surface area contributed by atoms with Gasteiger partial charge in [0.2, 0.25) is 23.6 Å². The molecule has 4 atom stereocenters. The first-order valence-electron chi connectivity index (χ1n) is 9.88. The lowest BCUT2D eigenvalue weighted by Crippen LogP contribution is -2.57. The third kappa shape index (κ3) is 9.42. The van der Waals surface area contributed by atoms with Crippen LogP contribution < -0.4 is 27.0 Å². The summed E-state index contributed by atoms with van der Waals surface area (Å²) in [5, 5.41) is 27.8. The maximum atomic E-state index is 12.7. The smallest absolute Gasteiger partial charge is 0.325 e. The van der Waals surface area contributed by atoms with Crippen LogP contribution >= 0.6 is 0 Å². The van der Waals surface area contributed by atoms with E-state index in [4.69, 9.17) is 15.9 Å². The van der Waals surface area contributed by atoms with Crippen LogP contribution in [0.3, 0.4) is 0 Å². The summed E-state index contributed by atoms with van der Waals surface area (Å²) in [6.07, 6.45) is 0.253. The molecule has 1 aliphatic rings. The summed E-state index contributed by atoms with van der Waals surface area (Å²) in [7, 11) is 0. The highest BCUT2D eigenvalue weighted by atomic mass is 16.4. The molecule has 1 fully saturated rings. The molecule has 0 aromatic heterocycles. The van der Waals surface area contributed by atoms with E-state index in [9.17, 15) is 28.8 Å². The van der Waals surface area contributed by atoms with Crippen LogP contribution in [0.15, 0.2) is 0 Å². The lowest BCUT2D eigenvalue weighted by Gasteiger charge is -2.24. The van der Waals surface area contributed by atoms with E-state index in [1.54, 1.807) is 0 Å². The summed E-state index contributed by atoms with van der Waals surface area (Å²) >= 11 is 0. The largest absolute Gasteiger partial charge is 0.481 e. The Bertz CT molecular complexity index is 707. The number of amides is 4. The van der Waals surface area contributed by atoms with E-state index in [1.807, 2.05) is 0 Å². The van der Waals surface area contributed by atoms with Crippen molar-refractivity contribution in [3.8, 4) is 0 Å². The van der Waals surface area contributed by atoms with E-state index in [2.05, 4.69) is 21.3 Å². The SMILES string of the molecule is CC(NC(=O)C(CCC(=O)O)NC(=O)C(CCC(N)=O)NC(=O)C1CCCN1)C(=O)O. The van der Waals surface area contributed by atoms with E-state index in [0.717, 1.165) is 6.42 Å². The molecule has 174 valence electrons. The summed E-state index contributed by atoms with van der Waals surface area (Å²) in [5.41, 5.74) is 5.13. The van der Waals surface area contributed by atoms with Gasteiger partial charge in [-0.2, -0.15) is 0 Å². The number of carbonyl (C=O) groups is 6. The lowest BCUT2D eigenvalue weighted by molar-refractivity contribution is -0.142. The van der Waals surface area contributed by atoms with Crippen molar-refractivity contribution < 1.29 is 39.0 Å². The summed E-state index contributed by atoms with van der Waals surface area (Å²) in [6.45, 7) is 1.86. The Kier molecular flexibility index (Phi) is 10.4. The molecule has 0 saturated carbocycles. The minimum Gasteiger partial charge on any atom is -0.481 e. The molecule has 0 aliphatic carbocycles. The maximum absolute atomic E-state index is 12.7. The summed E-state index contributed by atoms with van der Waals surface area (Å²) in [4.78, 5) is 70.5. The predicted octanol–water partition coefficient (Wildman–Crippen LogP) is -2.57. The predicted molar refractivity (Wildman–Crippen MR) is 105 cm³/mol. The third-order valence-corrected chi connectivity index (χ3v) is 4.70. The minimum absolute atomic E-state index is 0.127. The molecular weight excluding hydrogens is 414 g/mol. The quantitative estimate of drug-likeness (QED) is 0.159. The topological polar surface area (TPSA) is 217 Å². The van der Waals surface area contributed by atoms with Gasteiger partial charge in [-0.3, -0.25) is 28.8 Å². The summed E-state index contributed by atoms with van der Waals surface area (Å²) in [6, 6.07) is -4.32. The number of carboxylic acid groups (broad SMARTS) is 2. The molecule has 1 rings (SSSR count). The number of nitrogens with two attached hydrogens (primary N) is 1. The first-order valence-corrected chi connectivity index (χ1v) is 9.88. The molecule has 8 N–H and O–H groups in total. The van der Waals surface area contributed by atoms with Crippen molar-refractivity contribution in [2.45, 2.75) is 69.6 Å². The molecule has 0 radical (unpaired) electrons. The number of hydrogen-bond acceptors (Lipinski definition) is 7. The lowest BCUT2D eigenvalue weighted by atomic mass is 10.1. The molecule has 31 heavy (non-hydrogen) atoms. The Morgan fingerprint density at radius 2 is 1.55 bits per heavy atom. The van der Waals surface area contributed by atoms with Crippen LogP contribution in [-0.2, 0) is 28.8 Å². The molecule has 0 aromatic rings. The zero-order chi connectivity index (χ0) is 23.6. The van der Waals surface area contributed by atoms with Crippen LogP contribution in [0, 0.1) is 0 Å². The highest BCUT2D eigenvalue weighted by molar-refractivity contribution is 5.94. The average Bonchev–Trinajstić information content (AvgIpc) is 3.22. The van der Waals surface area contributed by atoms with Gasteiger partial charge in [-0.15, -0.1) is 0 Å². The van der Waals surface area contributed by atoms with Gasteiger partial charge in [0.05, 0.1) is 6.04 Å². The van der Waals surface area contributed by atoms with Crippen LogP contribution in [0.2, 0.25) is 0 Å². The van der Waals surface area contributed by atoms with E-state index in [0.29, 0.717) is 13.0 Å². The normalized spacial score (nSPS) is 18.3. The fourth-order valence-corrected chi connectivity index (χ4v) is 2.92. The number of aliphatic carboxylic acids is 2. The zero-order valence-corrected chi connectivity index (χ0v) is 17.2. The van der Waals surface area contributed by atoms with Gasteiger partial charge in [0, 0.05) is 12.8 Å². The number of rotatable bonds is 13. The number of nitrogens with one attached hydrogen (secondary N) is 4. The first kappa shape index (κ1) is 25.8. The van der Waals surface area contributed by atoms with Gasteiger partial charge in [-0.25, -0.2) is 0 Å². The van der Waals surface area contributed by atoms with Crippen molar-refractivity contribution in [3.05, 3.63) is 0 Å². The number of carbonyl (C=O) groups excluding carboxylic acids is 4. The van der Waals surface area contributed by atoms with Crippen molar-refractivity contribution in [1.82, 2.24) is 21.3 Å². The fraction of sp³-hybridized carbons (Fsp3) is 0.667. The second kappa shape index (κ2) is 12.5. The summed E-state index contributed by atoms with van der Waals surface area (Å²) in [5.74, 6) is -5.38. The van der Waals surface area contributed by atoms with E-state index >= 15 is 0 Å². The van der Waals surface area contributed by atoms with Crippen LogP contribution in [0.1, 0.15) is 45.4 Å². The van der Waals surface area contributed by atoms with Crippen molar-refractivity contribution in [1.29, 1.82) is 0 Å². The molecule has 1 aliphatic heterocycles. The molecular formula is C18H29N5O8. The second-order valence-corrected chi connectivity index (χ2v) is 7.28. The minimum atomic E-state index is -1.36. The zero-order valence-electron chi connectivity index (χ0n) is 17.2. The van der Waals surface area contributed by atoms with Crippen LogP contribution in [0.25, 0.3) is 0 Å². The standard InChI is InChI=1S/C18H29N5O8/c1-9(18(30)31)21-16(28)12(5-7-14(25)26)23-17(29)11(4-6-13(19)24)22-15(27)10-3-2-8-20-10/h9-12,20H,2-8H2,1H3,(H2,19,24)(H,21,28)(H,22,27)(H,23,29)(H,25,26)(H,30,31). The van der Waals surface area contributed by atoms with Gasteiger partial charge < -0.3 is 37.2 Å². The molecule has 13 nitrogen and oxygen atoms in total. The Balaban J connectivity index is 2.90. The molecule has 0 bridgehead atoms. The van der Waals surface area contributed by atoms with Gasteiger partial charge in [0.1, 0.15) is 18.1 Å². The molecule has 1 saturated heterocycles. The third-order valence-electron chi connectivity index (χ3n) is 4.70. The molecule has 1 heterocycles. The maximum Gasteiger partial charge on any atom is 0.325 e. The molecule has 13 heteroatoms. The van der Waals surface area contributed by atoms with Crippen LogP contribution in [0.5, 0.6) is 0 Å². The molecule has 0 spiro atoms. The molecule has 4 amide bonds. The van der Waals surface area contributed by atoms with E-state index in [1.165, 1.54) is 6.92 Å². The monoisotopic (exact) mass is 443 g/mol. The first-order chi connectivity index (χ1) is 14.5. The van der Waals surface area contributed by atoms with Crippen molar-refractivity contribution in [3.63, 3.8) is 0 Å². The van der Waals surface area contributed by atoms with Gasteiger partial charge in [0.25, 0.3) is 0 Å². The van der Waals surface area contributed by atoms with Gasteiger partial charge in [0.15, 0.2) is 0 Å². The Morgan fingerprint density at radius 1 is 0.968 bits per heavy atom. The fourth-order valence-electron chi connectivity index (χ4n) is 2.92. The van der Waals surface area contributed by atoms with Gasteiger partial charge >= 0.3 is 11.9 Å². The Morgan fingerprint density at radius 3 is 2.06 bits per heavy atom. The van der Waals surface area contributed by atoms with Crippen LogP contribution in [-0.4, -0.2) is 76.5 Å². The number of hydrogen-bond donors (Lipinski definition) is 7. The Labute approximate surface area is 178 Å². The van der Waals surface area contributed by atoms with Crippen molar-refractivity contribution in [2.24, 2.45) is 5.73 Å². The van der Waals surface area contributed by atoms with Crippen LogP contribution in [0.4, 0.5) is 0 Å². The Hall–Kier alpha value is -3.22. The number of primary amides is 1. The molecule has 4 unspecified atom stereocenters. The average molecular weight is 443 g/mol. The second-order valence-electron chi connectivity index (χ2n) is 7.28. The highest BCUT2D eigenvalue weighted by Gasteiger charge is 2.31. The summed E-state index contributed by atoms with van der Waals surface area (Å²) < 4.78 is 0. The van der Waals surface area contributed by atoms with Crippen molar-refractivity contribution >= 4 is 35.6 Å². The van der Waals surface area contributed by atoms with Gasteiger partial charge in [-0.1, -0.05) is 0 Å². The van der Waals surface area contributed by atoms with E-state index < -0.39 is 66.2 Å².